The van der Waals surface area contributed by atoms with Crippen LogP contribution < -0.4 is 10.0 Å². The molecule has 0 aliphatic heterocycles. The molecule has 2 rings (SSSR count). The van der Waals surface area contributed by atoms with Gasteiger partial charge in [-0.05, 0) is 31.8 Å². The summed E-state index contributed by atoms with van der Waals surface area (Å²) in [5, 5.41) is 5.57. The topological polar surface area (TPSA) is 71.1 Å². The van der Waals surface area contributed by atoms with Crippen molar-refractivity contribution in [2.24, 2.45) is 0 Å². The first-order valence-corrected chi connectivity index (χ1v) is 9.83. The van der Waals surface area contributed by atoms with E-state index in [1.165, 1.54) is 11.3 Å². The Labute approximate surface area is 133 Å². The number of nitrogens with one attached hydrogen (secondary N) is 2. The SMILES string of the molecule is CCc1cnc(C(C)NS(=O)(=O)c2ccsc2CNC)s1. The number of nitrogens with zero attached hydrogens (tertiary/aromatic N) is 1. The van der Waals surface area contributed by atoms with Crippen molar-refractivity contribution in [1.29, 1.82) is 0 Å². The van der Waals surface area contributed by atoms with Crippen molar-refractivity contribution in [2.75, 3.05) is 7.05 Å². The average molecular weight is 346 g/mol. The molecule has 1 unspecified atom stereocenters. The molecule has 0 saturated carbocycles. The van der Waals surface area contributed by atoms with Gasteiger partial charge in [0.1, 0.15) is 5.01 Å². The molecule has 0 bridgehead atoms. The number of hydrogen-bond acceptors (Lipinski definition) is 6. The summed E-state index contributed by atoms with van der Waals surface area (Å²) in [4.78, 5) is 6.61. The Morgan fingerprint density at radius 1 is 1.43 bits per heavy atom. The van der Waals surface area contributed by atoms with Gasteiger partial charge in [0.15, 0.2) is 0 Å². The molecule has 2 heterocycles. The summed E-state index contributed by atoms with van der Waals surface area (Å²) >= 11 is 2.98. The number of thiophene rings is 1. The minimum atomic E-state index is -3.53. The summed E-state index contributed by atoms with van der Waals surface area (Å²) in [7, 11) is -1.73. The summed E-state index contributed by atoms with van der Waals surface area (Å²) in [5.74, 6) is 0. The second-order valence-corrected chi connectivity index (χ2v) is 8.43. The molecule has 8 heteroatoms. The lowest BCUT2D eigenvalue weighted by Crippen LogP contribution is -2.27. The van der Waals surface area contributed by atoms with Crippen LogP contribution in [-0.4, -0.2) is 20.4 Å². The molecule has 0 aromatic carbocycles. The minimum Gasteiger partial charge on any atom is -0.315 e. The molecule has 0 spiro atoms. The van der Waals surface area contributed by atoms with Gasteiger partial charge in [-0.2, -0.15) is 0 Å². The second kappa shape index (κ2) is 6.97. The highest BCUT2D eigenvalue weighted by molar-refractivity contribution is 7.89. The minimum absolute atomic E-state index is 0.331. The van der Waals surface area contributed by atoms with E-state index in [1.807, 2.05) is 13.1 Å². The zero-order valence-corrected chi connectivity index (χ0v) is 14.7. The first-order chi connectivity index (χ1) is 9.97. The van der Waals surface area contributed by atoms with Gasteiger partial charge >= 0.3 is 0 Å². The molecule has 116 valence electrons. The van der Waals surface area contributed by atoms with Gasteiger partial charge in [0, 0.05) is 22.5 Å². The van der Waals surface area contributed by atoms with E-state index in [-0.39, 0.29) is 6.04 Å². The number of rotatable bonds is 7. The molecule has 2 N–H and O–H groups in total. The van der Waals surface area contributed by atoms with Gasteiger partial charge in [-0.15, -0.1) is 22.7 Å². The molecule has 1 atom stereocenters. The monoisotopic (exact) mass is 345 g/mol. The van der Waals surface area contributed by atoms with Crippen LogP contribution in [-0.2, 0) is 23.0 Å². The standard InChI is InChI=1S/C13H19N3O2S3/c1-4-10-7-15-13(20-10)9(2)16-21(17,18)12-5-6-19-11(12)8-14-3/h5-7,9,14,16H,4,8H2,1-3H3. The highest BCUT2D eigenvalue weighted by atomic mass is 32.2. The van der Waals surface area contributed by atoms with Crippen LogP contribution in [0.4, 0.5) is 0 Å². The molecular formula is C13H19N3O2S3. The maximum Gasteiger partial charge on any atom is 0.242 e. The van der Waals surface area contributed by atoms with Crippen LogP contribution in [0.25, 0.3) is 0 Å². The molecule has 0 saturated heterocycles. The zero-order chi connectivity index (χ0) is 15.5. The quantitative estimate of drug-likeness (QED) is 0.809. The lowest BCUT2D eigenvalue weighted by Gasteiger charge is -2.12. The van der Waals surface area contributed by atoms with Crippen LogP contribution in [0, 0.1) is 0 Å². The van der Waals surface area contributed by atoms with Crippen molar-refractivity contribution >= 4 is 32.7 Å². The predicted octanol–water partition coefficient (Wildman–Crippen LogP) is 2.53. The van der Waals surface area contributed by atoms with E-state index >= 15 is 0 Å². The molecule has 0 aliphatic rings. The van der Waals surface area contributed by atoms with Crippen molar-refractivity contribution in [3.8, 4) is 0 Å². The van der Waals surface area contributed by atoms with Gasteiger partial charge in [0.2, 0.25) is 10.0 Å². The van der Waals surface area contributed by atoms with Crippen LogP contribution in [0.3, 0.4) is 0 Å². The lowest BCUT2D eigenvalue weighted by atomic mass is 10.4. The first-order valence-electron chi connectivity index (χ1n) is 6.65. The average Bonchev–Trinajstić information content (AvgIpc) is 3.07. The summed E-state index contributed by atoms with van der Waals surface area (Å²) in [6, 6.07) is 1.31. The lowest BCUT2D eigenvalue weighted by molar-refractivity contribution is 0.565. The number of aromatic nitrogens is 1. The van der Waals surface area contributed by atoms with Gasteiger partial charge in [-0.25, -0.2) is 18.1 Å². The van der Waals surface area contributed by atoms with Crippen molar-refractivity contribution in [3.63, 3.8) is 0 Å². The Morgan fingerprint density at radius 2 is 2.19 bits per heavy atom. The van der Waals surface area contributed by atoms with Gasteiger partial charge in [0.25, 0.3) is 0 Å². The highest BCUT2D eigenvalue weighted by Gasteiger charge is 2.23. The van der Waals surface area contributed by atoms with Gasteiger partial charge in [0.05, 0.1) is 10.9 Å². The maximum absolute atomic E-state index is 12.5. The molecule has 0 amide bonds. The Morgan fingerprint density at radius 3 is 2.81 bits per heavy atom. The number of aryl methyl sites for hydroxylation is 1. The third kappa shape index (κ3) is 3.89. The van der Waals surface area contributed by atoms with E-state index in [0.717, 1.165) is 21.2 Å². The third-order valence-corrected chi connectivity index (χ3v) is 6.95. The second-order valence-electron chi connectivity index (χ2n) is 4.60. The third-order valence-electron chi connectivity index (χ3n) is 2.95. The Kier molecular flexibility index (Phi) is 5.50. The van der Waals surface area contributed by atoms with E-state index in [4.69, 9.17) is 0 Å². The molecule has 21 heavy (non-hydrogen) atoms. The normalized spacial score (nSPS) is 13.5. The van der Waals surface area contributed by atoms with Gasteiger partial charge in [-0.1, -0.05) is 6.92 Å². The van der Waals surface area contributed by atoms with E-state index in [0.29, 0.717) is 11.4 Å². The highest BCUT2D eigenvalue weighted by Crippen LogP contribution is 2.25. The van der Waals surface area contributed by atoms with E-state index < -0.39 is 10.0 Å². The summed E-state index contributed by atoms with van der Waals surface area (Å²) in [6.07, 6.45) is 2.72. The van der Waals surface area contributed by atoms with Crippen LogP contribution in [0.15, 0.2) is 22.5 Å². The first kappa shape index (κ1) is 16.6. The van der Waals surface area contributed by atoms with E-state index in [1.54, 1.807) is 29.8 Å². The van der Waals surface area contributed by atoms with E-state index in [9.17, 15) is 8.42 Å². The predicted molar refractivity (Wildman–Crippen MR) is 87.3 cm³/mol. The summed E-state index contributed by atoms with van der Waals surface area (Å²) in [5.41, 5.74) is 0. The smallest absolute Gasteiger partial charge is 0.242 e. The maximum atomic E-state index is 12.5. The van der Waals surface area contributed by atoms with Gasteiger partial charge in [-0.3, -0.25) is 0 Å². The molecule has 0 radical (unpaired) electrons. The Bertz CT molecular complexity index is 691. The molecule has 0 aliphatic carbocycles. The Balaban J connectivity index is 2.18. The molecule has 2 aromatic heterocycles. The largest absolute Gasteiger partial charge is 0.315 e. The van der Waals surface area contributed by atoms with Gasteiger partial charge < -0.3 is 5.32 Å². The zero-order valence-electron chi connectivity index (χ0n) is 12.2. The van der Waals surface area contributed by atoms with Crippen molar-refractivity contribution in [3.05, 3.63) is 32.4 Å². The molecule has 0 fully saturated rings. The fraction of sp³-hybridized carbons (Fsp3) is 0.462. The van der Waals surface area contributed by atoms with Crippen LogP contribution in [0.1, 0.15) is 34.7 Å². The number of sulfonamides is 1. The molecular weight excluding hydrogens is 326 g/mol. The van der Waals surface area contributed by atoms with Crippen LogP contribution >= 0.6 is 22.7 Å². The fourth-order valence-electron chi connectivity index (χ4n) is 1.89. The fourth-order valence-corrected chi connectivity index (χ4v) is 5.49. The number of thiazole rings is 1. The van der Waals surface area contributed by atoms with Crippen molar-refractivity contribution in [2.45, 2.75) is 37.8 Å². The summed E-state index contributed by atoms with van der Waals surface area (Å²) < 4.78 is 27.7. The van der Waals surface area contributed by atoms with Crippen molar-refractivity contribution < 1.29 is 8.42 Å². The van der Waals surface area contributed by atoms with Crippen LogP contribution in [0.5, 0.6) is 0 Å². The van der Waals surface area contributed by atoms with Crippen molar-refractivity contribution in [1.82, 2.24) is 15.0 Å². The number of hydrogen-bond donors (Lipinski definition) is 2. The summed E-state index contributed by atoms with van der Waals surface area (Å²) in [6.45, 7) is 4.42. The van der Waals surface area contributed by atoms with Crippen LogP contribution in [0.2, 0.25) is 0 Å². The Hall–Kier alpha value is -0.800. The van der Waals surface area contributed by atoms with E-state index in [2.05, 4.69) is 21.9 Å². The molecule has 5 nitrogen and oxygen atoms in total. The molecule has 2 aromatic rings.